The number of amides is 1. The van der Waals surface area contributed by atoms with Gasteiger partial charge in [-0.25, -0.2) is 4.98 Å². The van der Waals surface area contributed by atoms with Crippen LogP contribution in [0.2, 0.25) is 5.15 Å². The summed E-state index contributed by atoms with van der Waals surface area (Å²) in [6.45, 7) is 4.56. The Hall–Kier alpha value is -3.36. The molecule has 0 saturated heterocycles. The van der Waals surface area contributed by atoms with Crippen LogP contribution in [-0.4, -0.2) is 31.1 Å². The monoisotopic (exact) mass is 538 g/mol. The summed E-state index contributed by atoms with van der Waals surface area (Å²) in [5.41, 5.74) is 3.21. The van der Waals surface area contributed by atoms with Gasteiger partial charge in [0.1, 0.15) is 11.9 Å². The molecule has 194 valence electrons. The first-order chi connectivity index (χ1) is 17.9. The Balaban J connectivity index is 1.51. The lowest BCUT2D eigenvalue weighted by Gasteiger charge is -2.20. The van der Waals surface area contributed by atoms with Gasteiger partial charge in [0.25, 0.3) is 0 Å². The molecule has 1 amide bonds. The van der Waals surface area contributed by atoms with Gasteiger partial charge in [0.15, 0.2) is 5.15 Å². The van der Waals surface area contributed by atoms with E-state index < -0.39 is 5.97 Å². The number of unbranched alkanes of at least 4 members (excludes halogenated alkanes) is 1. The Labute approximate surface area is 225 Å². The normalized spacial score (nSPS) is 12.0. The van der Waals surface area contributed by atoms with E-state index in [1.807, 2.05) is 76.2 Å². The van der Waals surface area contributed by atoms with Crippen molar-refractivity contribution in [3.63, 3.8) is 0 Å². The summed E-state index contributed by atoms with van der Waals surface area (Å²) in [5.74, 6) is -0.232. The Morgan fingerprint density at radius 3 is 2.57 bits per heavy atom. The largest absolute Gasteiger partial charge is 0.481 e. The van der Waals surface area contributed by atoms with Crippen molar-refractivity contribution in [3.05, 3.63) is 92.9 Å². The molecule has 4 aromatic rings. The molecule has 1 unspecified atom stereocenters. The van der Waals surface area contributed by atoms with Gasteiger partial charge in [-0.1, -0.05) is 43.1 Å². The molecule has 0 saturated carbocycles. The van der Waals surface area contributed by atoms with Crippen LogP contribution in [0.3, 0.4) is 0 Å². The molecule has 7 nitrogen and oxygen atoms in total. The lowest BCUT2D eigenvalue weighted by Crippen LogP contribution is -2.28. The molecule has 0 aliphatic carbocycles. The summed E-state index contributed by atoms with van der Waals surface area (Å²) in [4.78, 5) is 30.4. The number of imidazole rings is 1. The SMILES string of the molecule is CCCCc1nc(Cl)c(CC(=O)O)n1Cc1ccc(NC(=O)C(Cc2cccs2)n2cccc2C)cc1. The molecular weight excluding hydrogens is 508 g/mol. The van der Waals surface area contributed by atoms with E-state index in [1.54, 1.807) is 11.3 Å². The number of carbonyl (C=O) groups excluding carboxylic acids is 1. The Morgan fingerprint density at radius 1 is 1.16 bits per heavy atom. The van der Waals surface area contributed by atoms with Gasteiger partial charge < -0.3 is 19.6 Å². The number of carbonyl (C=O) groups is 2. The second-order valence-electron chi connectivity index (χ2n) is 9.07. The number of nitrogens with one attached hydrogen (secondary N) is 1. The van der Waals surface area contributed by atoms with Crippen molar-refractivity contribution in [2.24, 2.45) is 0 Å². The van der Waals surface area contributed by atoms with Gasteiger partial charge in [-0.15, -0.1) is 11.3 Å². The predicted octanol–water partition coefficient (Wildman–Crippen LogP) is 6.15. The minimum Gasteiger partial charge on any atom is -0.481 e. The summed E-state index contributed by atoms with van der Waals surface area (Å²) in [7, 11) is 0. The van der Waals surface area contributed by atoms with Crippen molar-refractivity contribution >= 4 is 40.5 Å². The highest BCUT2D eigenvalue weighted by Crippen LogP contribution is 2.24. The van der Waals surface area contributed by atoms with Gasteiger partial charge in [0.05, 0.1) is 12.1 Å². The van der Waals surface area contributed by atoms with E-state index in [2.05, 4.69) is 17.2 Å². The third-order valence-corrected chi connectivity index (χ3v) is 7.54. The van der Waals surface area contributed by atoms with E-state index in [9.17, 15) is 14.7 Å². The van der Waals surface area contributed by atoms with Crippen molar-refractivity contribution in [2.75, 3.05) is 5.32 Å². The van der Waals surface area contributed by atoms with E-state index >= 15 is 0 Å². The maximum absolute atomic E-state index is 13.4. The van der Waals surface area contributed by atoms with Crippen molar-refractivity contribution in [2.45, 2.75) is 58.5 Å². The molecule has 1 aromatic carbocycles. The lowest BCUT2D eigenvalue weighted by atomic mass is 10.1. The van der Waals surface area contributed by atoms with E-state index in [0.717, 1.165) is 41.2 Å². The van der Waals surface area contributed by atoms with Crippen LogP contribution >= 0.6 is 22.9 Å². The summed E-state index contributed by atoms with van der Waals surface area (Å²) >= 11 is 7.96. The molecule has 0 fully saturated rings. The minimum absolute atomic E-state index is 0.0764. The van der Waals surface area contributed by atoms with E-state index in [4.69, 9.17) is 11.6 Å². The molecule has 0 radical (unpaired) electrons. The highest BCUT2D eigenvalue weighted by molar-refractivity contribution is 7.09. The highest BCUT2D eigenvalue weighted by atomic mass is 35.5. The number of aryl methyl sites for hydroxylation is 2. The van der Waals surface area contributed by atoms with Crippen LogP contribution in [0.4, 0.5) is 5.69 Å². The van der Waals surface area contributed by atoms with Crippen molar-refractivity contribution in [1.29, 1.82) is 0 Å². The summed E-state index contributed by atoms with van der Waals surface area (Å²) in [6.07, 6.45) is 5.05. The number of anilines is 1. The zero-order valence-corrected chi connectivity index (χ0v) is 22.6. The standard InChI is InChI=1S/C28H31ClN4O3S/c1-3-4-9-25-31-27(29)23(17-26(34)35)33(25)18-20-10-12-21(13-11-20)30-28(36)24(16-22-8-6-15-37-22)32-14-5-7-19(32)2/h5-8,10-15,24H,3-4,9,16-18H2,1-2H3,(H,30,36)(H,34,35). The van der Waals surface area contributed by atoms with Gasteiger partial charge in [-0.2, -0.15) is 0 Å². The second kappa shape index (κ2) is 12.3. The van der Waals surface area contributed by atoms with Gasteiger partial charge in [0.2, 0.25) is 5.91 Å². The molecule has 0 bridgehead atoms. The quantitative estimate of drug-likeness (QED) is 0.226. The van der Waals surface area contributed by atoms with Crippen molar-refractivity contribution < 1.29 is 14.7 Å². The maximum atomic E-state index is 13.4. The van der Waals surface area contributed by atoms with Gasteiger partial charge >= 0.3 is 5.97 Å². The minimum atomic E-state index is -0.946. The molecule has 2 N–H and O–H groups in total. The summed E-state index contributed by atoms with van der Waals surface area (Å²) in [5, 5.41) is 14.7. The fourth-order valence-corrected chi connectivity index (χ4v) is 5.41. The number of benzene rings is 1. The van der Waals surface area contributed by atoms with Crippen molar-refractivity contribution in [1.82, 2.24) is 14.1 Å². The number of carboxylic acid groups (broad SMARTS) is 1. The van der Waals surface area contributed by atoms with Crippen LogP contribution in [0.1, 0.15) is 53.5 Å². The number of thiophene rings is 1. The first-order valence-corrected chi connectivity index (χ1v) is 13.6. The number of rotatable bonds is 12. The zero-order chi connectivity index (χ0) is 26.4. The fraction of sp³-hybridized carbons (Fsp3) is 0.321. The van der Waals surface area contributed by atoms with E-state index in [1.165, 1.54) is 0 Å². The molecule has 9 heteroatoms. The van der Waals surface area contributed by atoms with E-state index in [0.29, 0.717) is 24.3 Å². The number of hydrogen-bond acceptors (Lipinski definition) is 4. The Morgan fingerprint density at radius 2 is 1.95 bits per heavy atom. The molecular formula is C28H31ClN4O3S. The Kier molecular flexibility index (Phi) is 8.84. The third-order valence-electron chi connectivity index (χ3n) is 6.34. The third kappa shape index (κ3) is 6.70. The molecule has 3 heterocycles. The molecule has 0 aliphatic rings. The smallest absolute Gasteiger partial charge is 0.309 e. The second-order valence-corrected chi connectivity index (χ2v) is 10.5. The van der Waals surface area contributed by atoms with Gasteiger partial charge in [0, 0.05) is 41.8 Å². The predicted molar refractivity (Wildman–Crippen MR) is 148 cm³/mol. The van der Waals surface area contributed by atoms with Crippen LogP contribution in [0.25, 0.3) is 0 Å². The first kappa shape index (κ1) is 26.7. The van der Waals surface area contributed by atoms with Crippen LogP contribution in [0, 0.1) is 6.92 Å². The van der Waals surface area contributed by atoms with Gasteiger partial charge in [-0.3, -0.25) is 9.59 Å². The van der Waals surface area contributed by atoms with E-state index in [-0.39, 0.29) is 23.5 Å². The first-order valence-electron chi connectivity index (χ1n) is 12.4. The summed E-state index contributed by atoms with van der Waals surface area (Å²) < 4.78 is 3.92. The summed E-state index contributed by atoms with van der Waals surface area (Å²) in [6, 6.07) is 15.3. The highest BCUT2D eigenvalue weighted by Gasteiger charge is 2.23. The Bertz CT molecular complexity index is 1340. The molecule has 3 aromatic heterocycles. The molecule has 37 heavy (non-hydrogen) atoms. The van der Waals surface area contributed by atoms with Gasteiger partial charge in [-0.05, 0) is 54.6 Å². The lowest BCUT2D eigenvalue weighted by molar-refractivity contribution is -0.136. The molecule has 4 rings (SSSR count). The number of aromatic nitrogens is 3. The topological polar surface area (TPSA) is 89.2 Å². The maximum Gasteiger partial charge on any atom is 0.309 e. The number of halogens is 1. The average Bonchev–Trinajstić information content (AvgIpc) is 3.60. The van der Waals surface area contributed by atoms with Crippen LogP contribution in [-0.2, 0) is 35.4 Å². The number of nitrogens with zero attached hydrogens (tertiary/aromatic N) is 3. The number of aliphatic carboxylic acids is 1. The van der Waals surface area contributed by atoms with Crippen molar-refractivity contribution in [3.8, 4) is 0 Å². The number of carboxylic acids is 1. The van der Waals surface area contributed by atoms with Crippen LogP contribution in [0.5, 0.6) is 0 Å². The molecule has 1 atom stereocenters. The molecule has 0 aliphatic heterocycles. The fourth-order valence-electron chi connectivity index (χ4n) is 4.40. The molecule has 0 spiro atoms. The van der Waals surface area contributed by atoms with Crippen LogP contribution < -0.4 is 5.32 Å². The zero-order valence-electron chi connectivity index (χ0n) is 21.0. The van der Waals surface area contributed by atoms with Crippen LogP contribution in [0.15, 0.2) is 60.1 Å². The average molecular weight is 539 g/mol. The number of hydrogen-bond donors (Lipinski definition) is 2.